The average molecular weight is 298 g/mol. The molecule has 0 atom stereocenters. The second kappa shape index (κ2) is 5.42. The van der Waals surface area contributed by atoms with E-state index >= 15 is 0 Å². The third-order valence-corrected chi connectivity index (χ3v) is 5.77. The SMILES string of the molecule is O=S(=O)(c1ccc(F)c(CNC2CC2)c1)N1CCCC1. The monoisotopic (exact) mass is 298 g/mol. The van der Waals surface area contributed by atoms with Gasteiger partial charge in [-0.3, -0.25) is 0 Å². The van der Waals surface area contributed by atoms with Gasteiger partial charge in [0.25, 0.3) is 0 Å². The number of halogens is 1. The van der Waals surface area contributed by atoms with Crippen LogP contribution in [-0.4, -0.2) is 31.9 Å². The van der Waals surface area contributed by atoms with Crippen LogP contribution in [0.4, 0.5) is 4.39 Å². The van der Waals surface area contributed by atoms with Crippen molar-refractivity contribution in [1.29, 1.82) is 0 Å². The first-order chi connectivity index (χ1) is 9.57. The first-order valence-corrected chi connectivity index (χ1v) is 8.53. The van der Waals surface area contributed by atoms with Crippen molar-refractivity contribution in [3.63, 3.8) is 0 Å². The zero-order valence-corrected chi connectivity index (χ0v) is 12.1. The third-order valence-electron chi connectivity index (χ3n) is 3.88. The van der Waals surface area contributed by atoms with E-state index in [-0.39, 0.29) is 10.7 Å². The van der Waals surface area contributed by atoms with E-state index in [1.807, 2.05) is 0 Å². The molecule has 1 aromatic carbocycles. The van der Waals surface area contributed by atoms with Crippen LogP contribution in [0, 0.1) is 5.82 Å². The van der Waals surface area contributed by atoms with Crippen LogP contribution in [0.2, 0.25) is 0 Å². The van der Waals surface area contributed by atoms with Crippen molar-refractivity contribution in [1.82, 2.24) is 9.62 Å². The van der Waals surface area contributed by atoms with Crippen LogP contribution in [0.25, 0.3) is 0 Å². The summed E-state index contributed by atoms with van der Waals surface area (Å²) in [5, 5.41) is 3.21. The minimum Gasteiger partial charge on any atom is -0.310 e. The van der Waals surface area contributed by atoms with Gasteiger partial charge in [0.15, 0.2) is 0 Å². The van der Waals surface area contributed by atoms with Crippen molar-refractivity contribution < 1.29 is 12.8 Å². The van der Waals surface area contributed by atoms with Crippen molar-refractivity contribution in [2.24, 2.45) is 0 Å². The molecule has 4 nitrogen and oxygen atoms in total. The van der Waals surface area contributed by atoms with Crippen molar-refractivity contribution in [3.05, 3.63) is 29.6 Å². The lowest BCUT2D eigenvalue weighted by molar-refractivity contribution is 0.477. The average Bonchev–Trinajstić information content (AvgIpc) is 3.08. The van der Waals surface area contributed by atoms with Crippen LogP contribution >= 0.6 is 0 Å². The fourth-order valence-corrected chi connectivity index (χ4v) is 4.03. The van der Waals surface area contributed by atoms with E-state index in [4.69, 9.17) is 0 Å². The summed E-state index contributed by atoms with van der Waals surface area (Å²) in [6.07, 6.45) is 4.04. The van der Waals surface area contributed by atoms with Crippen molar-refractivity contribution in [2.45, 2.75) is 43.2 Å². The maximum atomic E-state index is 13.8. The summed E-state index contributed by atoms with van der Waals surface area (Å²) in [5.41, 5.74) is 0.428. The zero-order chi connectivity index (χ0) is 14.2. The molecular weight excluding hydrogens is 279 g/mol. The van der Waals surface area contributed by atoms with Crippen LogP contribution in [0.3, 0.4) is 0 Å². The highest BCUT2D eigenvalue weighted by Gasteiger charge is 2.28. The lowest BCUT2D eigenvalue weighted by Gasteiger charge is -2.16. The van der Waals surface area contributed by atoms with Gasteiger partial charge in [-0.05, 0) is 43.9 Å². The molecule has 1 saturated carbocycles. The zero-order valence-electron chi connectivity index (χ0n) is 11.3. The Hall–Kier alpha value is -0.980. The minimum atomic E-state index is -3.46. The number of sulfonamides is 1. The molecule has 0 bridgehead atoms. The summed E-state index contributed by atoms with van der Waals surface area (Å²) in [4.78, 5) is 0.202. The topological polar surface area (TPSA) is 49.4 Å². The summed E-state index contributed by atoms with van der Waals surface area (Å²) in [7, 11) is -3.46. The number of benzene rings is 1. The Labute approximate surface area is 119 Å². The Morgan fingerprint density at radius 3 is 2.60 bits per heavy atom. The standard InChI is InChI=1S/C14H19FN2O2S/c15-14-6-5-13(9-11(14)10-16-12-3-4-12)20(18,19)17-7-1-2-8-17/h5-6,9,12,16H,1-4,7-8,10H2. The van der Waals surface area contributed by atoms with Gasteiger partial charge in [-0.25, -0.2) is 12.8 Å². The Bertz CT molecular complexity index is 593. The van der Waals surface area contributed by atoms with Gasteiger partial charge in [-0.1, -0.05) is 0 Å². The molecule has 1 heterocycles. The largest absolute Gasteiger partial charge is 0.310 e. The van der Waals surface area contributed by atoms with Gasteiger partial charge in [0.1, 0.15) is 5.82 Å². The molecule has 1 aromatic rings. The molecule has 3 rings (SSSR count). The molecular formula is C14H19FN2O2S. The molecule has 0 aromatic heterocycles. The Kier molecular flexibility index (Phi) is 3.79. The summed E-state index contributed by atoms with van der Waals surface area (Å²) < 4.78 is 40.1. The normalized spacial score (nSPS) is 20.4. The van der Waals surface area contributed by atoms with Crippen LogP contribution in [0.1, 0.15) is 31.2 Å². The smallest absolute Gasteiger partial charge is 0.243 e. The molecule has 0 radical (unpaired) electrons. The van der Waals surface area contributed by atoms with E-state index in [2.05, 4.69) is 5.32 Å². The third kappa shape index (κ3) is 2.87. The molecule has 0 spiro atoms. The molecule has 1 N–H and O–H groups in total. The van der Waals surface area contributed by atoms with Gasteiger partial charge in [-0.15, -0.1) is 0 Å². The van der Waals surface area contributed by atoms with E-state index in [0.29, 0.717) is 31.2 Å². The lowest BCUT2D eigenvalue weighted by atomic mass is 10.2. The molecule has 0 unspecified atom stereocenters. The maximum Gasteiger partial charge on any atom is 0.243 e. The molecule has 20 heavy (non-hydrogen) atoms. The Morgan fingerprint density at radius 2 is 1.95 bits per heavy atom. The van der Waals surface area contributed by atoms with Gasteiger partial charge >= 0.3 is 0 Å². The highest BCUT2D eigenvalue weighted by atomic mass is 32.2. The fraction of sp³-hybridized carbons (Fsp3) is 0.571. The summed E-state index contributed by atoms with van der Waals surface area (Å²) in [6.45, 7) is 1.52. The first-order valence-electron chi connectivity index (χ1n) is 7.09. The van der Waals surface area contributed by atoms with Gasteiger partial charge in [0.05, 0.1) is 4.90 Å². The van der Waals surface area contributed by atoms with E-state index in [1.54, 1.807) is 0 Å². The molecule has 6 heteroatoms. The number of hydrogen-bond donors (Lipinski definition) is 1. The number of nitrogens with zero attached hydrogens (tertiary/aromatic N) is 1. The van der Waals surface area contributed by atoms with Crippen LogP contribution in [-0.2, 0) is 16.6 Å². The van der Waals surface area contributed by atoms with Gasteiger partial charge in [-0.2, -0.15) is 4.31 Å². The number of rotatable bonds is 5. The number of hydrogen-bond acceptors (Lipinski definition) is 3. The van der Waals surface area contributed by atoms with Crippen LogP contribution in [0.15, 0.2) is 23.1 Å². The first kappa shape index (κ1) is 14.0. The van der Waals surface area contributed by atoms with E-state index < -0.39 is 10.0 Å². The predicted octanol–water partition coefficient (Wildman–Crippen LogP) is 1.86. The number of nitrogens with one attached hydrogen (secondary N) is 1. The molecule has 2 aliphatic rings. The Morgan fingerprint density at radius 1 is 1.25 bits per heavy atom. The second-order valence-corrected chi connectivity index (χ2v) is 7.46. The summed E-state index contributed by atoms with van der Waals surface area (Å²) in [6, 6.07) is 4.56. The van der Waals surface area contributed by atoms with Gasteiger partial charge in [0.2, 0.25) is 10.0 Å². The van der Waals surface area contributed by atoms with Crippen molar-refractivity contribution in [2.75, 3.05) is 13.1 Å². The molecule has 0 amide bonds. The van der Waals surface area contributed by atoms with E-state index in [1.165, 1.54) is 22.5 Å². The van der Waals surface area contributed by atoms with E-state index in [0.717, 1.165) is 25.7 Å². The summed E-state index contributed by atoms with van der Waals surface area (Å²) in [5.74, 6) is -0.349. The molecule has 1 aliphatic heterocycles. The van der Waals surface area contributed by atoms with Gasteiger partial charge in [0, 0.05) is 31.2 Å². The summed E-state index contributed by atoms with van der Waals surface area (Å²) >= 11 is 0. The minimum absolute atomic E-state index is 0.202. The molecule has 2 fully saturated rings. The van der Waals surface area contributed by atoms with E-state index in [9.17, 15) is 12.8 Å². The fourth-order valence-electron chi connectivity index (χ4n) is 2.47. The molecule has 1 saturated heterocycles. The quantitative estimate of drug-likeness (QED) is 0.903. The van der Waals surface area contributed by atoms with Crippen molar-refractivity contribution >= 4 is 10.0 Å². The molecule has 110 valence electrons. The second-order valence-electron chi connectivity index (χ2n) is 5.52. The highest BCUT2D eigenvalue weighted by molar-refractivity contribution is 7.89. The lowest BCUT2D eigenvalue weighted by Crippen LogP contribution is -2.28. The maximum absolute atomic E-state index is 13.8. The Balaban J connectivity index is 1.83. The van der Waals surface area contributed by atoms with Gasteiger partial charge < -0.3 is 5.32 Å². The highest BCUT2D eigenvalue weighted by Crippen LogP contribution is 2.24. The van der Waals surface area contributed by atoms with Crippen LogP contribution in [0.5, 0.6) is 0 Å². The predicted molar refractivity (Wildman–Crippen MR) is 74.3 cm³/mol. The van der Waals surface area contributed by atoms with Crippen LogP contribution < -0.4 is 5.32 Å². The molecule has 1 aliphatic carbocycles. The van der Waals surface area contributed by atoms with Crippen molar-refractivity contribution in [3.8, 4) is 0 Å².